The minimum absolute atomic E-state index is 0.393. The molecular formula is C18H28N4O3. The molecule has 0 amide bonds. The predicted octanol–water partition coefficient (Wildman–Crippen LogP) is 1.37. The van der Waals surface area contributed by atoms with E-state index in [0.717, 1.165) is 25.2 Å². The van der Waals surface area contributed by atoms with E-state index < -0.39 is 5.97 Å². The van der Waals surface area contributed by atoms with Crippen LogP contribution in [0.1, 0.15) is 35.7 Å². The van der Waals surface area contributed by atoms with Crippen LogP contribution in [-0.4, -0.2) is 56.7 Å². The summed E-state index contributed by atoms with van der Waals surface area (Å²) in [6.07, 6.45) is 2.43. The van der Waals surface area contributed by atoms with E-state index in [4.69, 9.17) is 15.2 Å². The number of benzene rings is 1. The Morgan fingerprint density at radius 1 is 1.44 bits per heavy atom. The molecule has 7 nitrogen and oxygen atoms in total. The first-order valence-electron chi connectivity index (χ1n) is 8.62. The van der Waals surface area contributed by atoms with Crippen LogP contribution in [0.25, 0.3) is 0 Å². The van der Waals surface area contributed by atoms with Gasteiger partial charge in [0.2, 0.25) is 0 Å². The maximum absolute atomic E-state index is 11.7. The number of esters is 1. The minimum atomic E-state index is -0.426. The first kappa shape index (κ1) is 19.1. The zero-order valence-electron chi connectivity index (χ0n) is 15.2. The monoisotopic (exact) mass is 348 g/mol. The molecule has 138 valence electrons. The van der Waals surface area contributed by atoms with Crippen molar-refractivity contribution < 1.29 is 14.3 Å². The number of methoxy groups -OCH3 is 2. The van der Waals surface area contributed by atoms with Crippen LogP contribution in [0.15, 0.2) is 23.2 Å². The number of hydrogen-bond acceptors (Lipinski definition) is 5. The van der Waals surface area contributed by atoms with Crippen molar-refractivity contribution in [1.29, 1.82) is 0 Å². The number of nitrogens with one attached hydrogen (secondary N) is 1. The number of guanidine groups is 1. The van der Waals surface area contributed by atoms with Gasteiger partial charge in [-0.2, -0.15) is 0 Å². The molecule has 2 rings (SSSR count). The van der Waals surface area contributed by atoms with Gasteiger partial charge in [-0.3, -0.25) is 4.90 Å². The summed E-state index contributed by atoms with van der Waals surface area (Å²) in [6, 6.07) is 5.80. The molecule has 1 heterocycles. The lowest BCUT2D eigenvalue weighted by atomic mass is 10.1. The van der Waals surface area contributed by atoms with Gasteiger partial charge >= 0.3 is 5.97 Å². The number of likely N-dealkylation sites (tertiary alicyclic amines) is 1. The smallest absolute Gasteiger partial charge is 0.341 e. The van der Waals surface area contributed by atoms with Gasteiger partial charge in [-0.1, -0.05) is 13.0 Å². The third kappa shape index (κ3) is 5.09. The van der Waals surface area contributed by atoms with Gasteiger partial charge in [0.1, 0.15) is 11.3 Å². The largest absolute Gasteiger partial charge is 0.496 e. The second-order valence-corrected chi connectivity index (χ2v) is 6.03. The van der Waals surface area contributed by atoms with Gasteiger partial charge < -0.3 is 20.5 Å². The molecule has 0 saturated carbocycles. The number of carbonyl (C=O) groups is 1. The Hall–Kier alpha value is -2.28. The highest BCUT2D eigenvalue weighted by atomic mass is 16.5. The summed E-state index contributed by atoms with van der Waals surface area (Å²) >= 11 is 0. The Balaban J connectivity index is 1.92. The maximum atomic E-state index is 11.7. The normalized spacial score (nSPS) is 18.2. The third-order valence-corrected chi connectivity index (χ3v) is 4.53. The number of rotatable bonds is 7. The van der Waals surface area contributed by atoms with E-state index in [2.05, 4.69) is 22.1 Å². The summed E-state index contributed by atoms with van der Waals surface area (Å²) in [5.41, 5.74) is 7.27. The molecule has 0 radical (unpaired) electrons. The number of ether oxygens (including phenoxy) is 2. The molecular weight excluding hydrogens is 320 g/mol. The molecule has 1 fully saturated rings. The maximum Gasteiger partial charge on any atom is 0.341 e. The third-order valence-electron chi connectivity index (χ3n) is 4.53. The molecule has 1 aromatic rings. The molecule has 1 aliphatic rings. The lowest BCUT2D eigenvalue weighted by Gasteiger charge is -2.23. The van der Waals surface area contributed by atoms with E-state index in [1.54, 1.807) is 12.1 Å². The van der Waals surface area contributed by atoms with Crippen molar-refractivity contribution in [1.82, 2.24) is 10.2 Å². The Kier molecular flexibility index (Phi) is 7.06. The number of likely N-dealkylation sites (N-methyl/N-ethyl adjacent to an activating group) is 1. The zero-order valence-corrected chi connectivity index (χ0v) is 15.2. The van der Waals surface area contributed by atoms with Crippen LogP contribution >= 0.6 is 0 Å². The average molecular weight is 348 g/mol. The van der Waals surface area contributed by atoms with Crippen LogP contribution in [0.4, 0.5) is 0 Å². The topological polar surface area (TPSA) is 89.2 Å². The fourth-order valence-corrected chi connectivity index (χ4v) is 3.11. The van der Waals surface area contributed by atoms with E-state index >= 15 is 0 Å². The van der Waals surface area contributed by atoms with Gasteiger partial charge in [-0.25, -0.2) is 9.79 Å². The van der Waals surface area contributed by atoms with Crippen molar-refractivity contribution in [3.63, 3.8) is 0 Å². The number of nitrogens with zero attached hydrogens (tertiary/aromatic N) is 2. The molecule has 1 unspecified atom stereocenters. The summed E-state index contributed by atoms with van der Waals surface area (Å²) < 4.78 is 9.99. The lowest BCUT2D eigenvalue weighted by molar-refractivity contribution is 0.0597. The van der Waals surface area contributed by atoms with Crippen molar-refractivity contribution >= 4 is 11.9 Å². The molecule has 0 aliphatic carbocycles. The summed E-state index contributed by atoms with van der Waals surface area (Å²) in [6.45, 7) is 5.63. The first-order chi connectivity index (χ1) is 12.1. The van der Waals surface area contributed by atoms with Crippen molar-refractivity contribution in [2.75, 3.05) is 33.9 Å². The van der Waals surface area contributed by atoms with E-state index in [1.165, 1.54) is 27.1 Å². The van der Waals surface area contributed by atoms with Crippen molar-refractivity contribution in [3.8, 4) is 5.75 Å². The number of nitrogens with two attached hydrogens (primary N) is 1. The minimum Gasteiger partial charge on any atom is -0.496 e. The second kappa shape index (κ2) is 9.27. The van der Waals surface area contributed by atoms with Crippen molar-refractivity contribution in [2.45, 2.75) is 32.4 Å². The number of hydrogen-bond donors (Lipinski definition) is 2. The van der Waals surface area contributed by atoms with Crippen LogP contribution in [-0.2, 0) is 11.3 Å². The Labute approximate surface area is 149 Å². The van der Waals surface area contributed by atoms with Gasteiger partial charge in [0.25, 0.3) is 0 Å². The Morgan fingerprint density at radius 2 is 2.24 bits per heavy atom. The van der Waals surface area contributed by atoms with Crippen molar-refractivity contribution in [2.24, 2.45) is 10.7 Å². The Morgan fingerprint density at radius 3 is 2.92 bits per heavy atom. The van der Waals surface area contributed by atoms with Crippen LogP contribution in [0.5, 0.6) is 5.75 Å². The molecule has 1 saturated heterocycles. The summed E-state index contributed by atoms with van der Waals surface area (Å²) in [5, 5.41) is 3.21. The van der Waals surface area contributed by atoms with Gasteiger partial charge in [-0.05, 0) is 43.6 Å². The molecule has 0 spiro atoms. The summed E-state index contributed by atoms with van der Waals surface area (Å²) in [5.74, 6) is 0.472. The molecule has 1 aromatic carbocycles. The molecule has 0 bridgehead atoms. The molecule has 3 N–H and O–H groups in total. The van der Waals surface area contributed by atoms with E-state index in [0.29, 0.717) is 29.9 Å². The molecule has 1 aliphatic heterocycles. The summed E-state index contributed by atoms with van der Waals surface area (Å²) in [7, 11) is 2.86. The van der Waals surface area contributed by atoms with E-state index in [1.807, 2.05) is 6.07 Å². The lowest BCUT2D eigenvalue weighted by Crippen LogP contribution is -2.42. The average Bonchev–Trinajstić information content (AvgIpc) is 3.11. The van der Waals surface area contributed by atoms with E-state index in [9.17, 15) is 4.79 Å². The fraction of sp³-hybridized carbons (Fsp3) is 0.556. The molecule has 7 heteroatoms. The van der Waals surface area contributed by atoms with Gasteiger partial charge in [0.15, 0.2) is 5.96 Å². The molecule has 25 heavy (non-hydrogen) atoms. The molecule has 1 atom stereocenters. The highest BCUT2D eigenvalue weighted by Crippen LogP contribution is 2.21. The standard InChI is InChI=1S/C18H28N4O3/c1-4-22-9-5-6-14(22)12-21-18(19)20-11-13-7-8-15(17(23)25-3)16(10-13)24-2/h7-8,10,14H,4-6,9,11-12H2,1-3H3,(H3,19,20,21). The Bertz CT molecular complexity index is 618. The SMILES string of the molecule is CCN1CCCC1CNC(N)=NCc1ccc(C(=O)OC)c(OC)c1. The fourth-order valence-electron chi connectivity index (χ4n) is 3.11. The quantitative estimate of drug-likeness (QED) is 0.439. The van der Waals surface area contributed by atoms with Gasteiger partial charge in [-0.15, -0.1) is 0 Å². The van der Waals surface area contributed by atoms with Gasteiger partial charge in [0.05, 0.1) is 20.8 Å². The van der Waals surface area contributed by atoms with Crippen LogP contribution in [0, 0.1) is 0 Å². The van der Waals surface area contributed by atoms with Crippen molar-refractivity contribution in [3.05, 3.63) is 29.3 Å². The number of carbonyl (C=O) groups excluding carboxylic acids is 1. The number of aliphatic imine (C=N–C) groups is 1. The second-order valence-electron chi connectivity index (χ2n) is 6.03. The predicted molar refractivity (Wildman–Crippen MR) is 97.9 cm³/mol. The zero-order chi connectivity index (χ0) is 18.2. The highest BCUT2D eigenvalue weighted by molar-refractivity contribution is 5.92. The first-order valence-corrected chi connectivity index (χ1v) is 8.62. The van der Waals surface area contributed by atoms with Crippen LogP contribution in [0.2, 0.25) is 0 Å². The van der Waals surface area contributed by atoms with Gasteiger partial charge in [0, 0.05) is 12.6 Å². The van der Waals surface area contributed by atoms with E-state index in [-0.39, 0.29) is 0 Å². The highest BCUT2D eigenvalue weighted by Gasteiger charge is 2.22. The van der Waals surface area contributed by atoms with Crippen LogP contribution < -0.4 is 15.8 Å². The summed E-state index contributed by atoms with van der Waals surface area (Å²) in [4.78, 5) is 18.5. The molecule has 0 aromatic heterocycles. The van der Waals surface area contributed by atoms with Crippen LogP contribution in [0.3, 0.4) is 0 Å².